The lowest BCUT2D eigenvalue weighted by Gasteiger charge is -2.28. The molecule has 0 aliphatic carbocycles. The van der Waals surface area contributed by atoms with E-state index in [0.717, 1.165) is 6.54 Å². The molecule has 1 fully saturated rings. The Kier molecular flexibility index (Phi) is 4.54. The van der Waals surface area contributed by atoms with Crippen LogP contribution in [0.4, 0.5) is 0 Å². The third kappa shape index (κ3) is 3.76. The molecule has 0 spiro atoms. The molecule has 1 unspecified atom stereocenters. The number of nitrogens with one attached hydrogen (secondary N) is 1. The van der Waals surface area contributed by atoms with Crippen LogP contribution in [-0.2, 0) is 6.54 Å². The first kappa shape index (κ1) is 13.0. The second-order valence-corrected chi connectivity index (χ2v) is 6.25. The van der Waals surface area contributed by atoms with Gasteiger partial charge in [-0.1, -0.05) is 13.8 Å². The molecule has 3 nitrogen and oxygen atoms in total. The average Bonchev–Trinajstić information content (AvgIpc) is 2.75. The first-order chi connectivity index (χ1) is 8.15. The van der Waals surface area contributed by atoms with Gasteiger partial charge in [0.2, 0.25) is 0 Å². The number of piperidine rings is 1. The number of thiazole rings is 1. The van der Waals surface area contributed by atoms with Gasteiger partial charge in [-0.25, -0.2) is 4.98 Å². The third-order valence-corrected chi connectivity index (χ3v) is 4.14. The molecule has 17 heavy (non-hydrogen) atoms. The highest BCUT2D eigenvalue weighted by molar-refractivity contribution is 7.09. The lowest BCUT2D eigenvalue weighted by molar-refractivity contribution is 0.248. The Bertz CT molecular complexity index is 348. The Morgan fingerprint density at radius 2 is 2.41 bits per heavy atom. The molecule has 0 saturated carbocycles. The molecule has 0 amide bonds. The number of likely N-dealkylation sites (tertiary alicyclic amines) is 1. The monoisotopic (exact) mass is 253 g/mol. The van der Waals surface area contributed by atoms with Gasteiger partial charge in [-0.3, -0.25) is 0 Å². The van der Waals surface area contributed by atoms with Gasteiger partial charge in [-0.05, 0) is 26.4 Å². The van der Waals surface area contributed by atoms with Crippen molar-refractivity contribution in [3.05, 3.63) is 16.1 Å². The highest BCUT2D eigenvalue weighted by Crippen LogP contribution is 2.27. The van der Waals surface area contributed by atoms with Crippen molar-refractivity contribution in [1.82, 2.24) is 15.2 Å². The zero-order valence-electron chi connectivity index (χ0n) is 11.1. The smallest absolute Gasteiger partial charge is 0.107 e. The zero-order chi connectivity index (χ0) is 12.3. The van der Waals surface area contributed by atoms with E-state index in [0.29, 0.717) is 12.0 Å². The number of nitrogens with zero attached hydrogens (tertiary/aromatic N) is 2. The van der Waals surface area contributed by atoms with Crippen molar-refractivity contribution in [3.63, 3.8) is 0 Å². The molecule has 1 aliphatic heterocycles. The fraction of sp³-hybridized carbons (Fsp3) is 0.769. The number of hydrogen-bond donors (Lipinski definition) is 1. The predicted octanol–water partition coefficient (Wildman–Crippen LogP) is 2.45. The van der Waals surface area contributed by atoms with Crippen molar-refractivity contribution >= 4 is 11.3 Å². The quantitative estimate of drug-likeness (QED) is 0.893. The molecule has 1 aromatic heterocycles. The summed E-state index contributed by atoms with van der Waals surface area (Å²) < 4.78 is 0. The van der Waals surface area contributed by atoms with Crippen molar-refractivity contribution in [2.45, 2.75) is 45.2 Å². The summed E-state index contributed by atoms with van der Waals surface area (Å²) in [6.45, 7) is 7.66. The molecule has 2 heterocycles. The van der Waals surface area contributed by atoms with Crippen molar-refractivity contribution in [3.8, 4) is 0 Å². The van der Waals surface area contributed by atoms with E-state index < -0.39 is 0 Å². The van der Waals surface area contributed by atoms with Crippen molar-refractivity contribution < 1.29 is 0 Å². The molecule has 1 N–H and O–H groups in total. The maximum absolute atomic E-state index is 4.77. The summed E-state index contributed by atoms with van der Waals surface area (Å²) in [5, 5.41) is 6.90. The van der Waals surface area contributed by atoms with Gasteiger partial charge in [0.25, 0.3) is 0 Å². The SMILES string of the molecule is CC(C)NCc1nc(C2CCCN(C)C2)cs1. The van der Waals surface area contributed by atoms with E-state index in [4.69, 9.17) is 4.98 Å². The van der Waals surface area contributed by atoms with E-state index >= 15 is 0 Å². The van der Waals surface area contributed by atoms with Crippen LogP contribution in [0.3, 0.4) is 0 Å². The van der Waals surface area contributed by atoms with Crippen LogP contribution in [0.1, 0.15) is 43.3 Å². The van der Waals surface area contributed by atoms with Gasteiger partial charge >= 0.3 is 0 Å². The molecule has 2 rings (SSSR count). The van der Waals surface area contributed by atoms with Gasteiger partial charge in [0.1, 0.15) is 5.01 Å². The molecule has 4 heteroatoms. The molecule has 0 aromatic carbocycles. The lowest BCUT2D eigenvalue weighted by atomic mass is 9.96. The largest absolute Gasteiger partial charge is 0.308 e. The Morgan fingerprint density at radius 3 is 3.12 bits per heavy atom. The summed E-state index contributed by atoms with van der Waals surface area (Å²) in [5.41, 5.74) is 1.31. The second kappa shape index (κ2) is 5.94. The highest BCUT2D eigenvalue weighted by Gasteiger charge is 2.21. The van der Waals surface area contributed by atoms with Crippen LogP contribution >= 0.6 is 11.3 Å². The number of likely N-dealkylation sites (N-methyl/N-ethyl adjacent to an activating group) is 1. The van der Waals surface area contributed by atoms with Crippen molar-refractivity contribution in [2.24, 2.45) is 0 Å². The first-order valence-electron chi connectivity index (χ1n) is 6.51. The minimum absolute atomic E-state index is 0.531. The van der Waals surface area contributed by atoms with Crippen LogP contribution in [0.15, 0.2) is 5.38 Å². The van der Waals surface area contributed by atoms with E-state index in [2.05, 4.69) is 36.5 Å². The van der Waals surface area contributed by atoms with Crippen LogP contribution in [0.5, 0.6) is 0 Å². The van der Waals surface area contributed by atoms with Crippen LogP contribution in [0, 0.1) is 0 Å². The van der Waals surface area contributed by atoms with Crippen molar-refractivity contribution in [1.29, 1.82) is 0 Å². The standard InChI is InChI=1S/C13H23N3S/c1-10(2)14-7-13-15-12(9-17-13)11-5-4-6-16(3)8-11/h9-11,14H,4-8H2,1-3H3. The van der Waals surface area contributed by atoms with E-state index in [1.54, 1.807) is 11.3 Å². The van der Waals surface area contributed by atoms with E-state index in [1.807, 2.05) is 0 Å². The van der Waals surface area contributed by atoms with Crippen LogP contribution < -0.4 is 5.32 Å². The van der Waals surface area contributed by atoms with Gasteiger partial charge in [0, 0.05) is 30.4 Å². The molecule has 1 aromatic rings. The Hall–Kier alpha value is -0.450. The van der Waals surface area contributed by atoms with Gasteiger partial charge in [0.05, 0.1) is 5.69 Å². The van der Waals surface area contributed by atoms with E-state index in [-0.39, 0.29) is 0 Å². The van der Waals surface area contributed by atoms with Gasteiger partial charge in [-0.2, -0.15) is 0 Å². The van der Waals surface area contributed by atoms with E-state index in [1.165, 1.54) is 36.6 Å². The van der Waals surface area contributed by atoms with Crippen LogP contribution in [-0.4, -0.2) is 36.1 Å². The predicted molar refractivity (Wildman–Crippen MR) is 73.6 cm³/mol. The highest BCUT2D eigenvalue weighted by atomic mass is 32.1. The Morgan fingerprint density at radius 1 is 1.59 bits per heavy atom. The number of rotatable bonds is 4. The molecule has 1 saturated heterocycles. The maximum atomic E-state index is 4.77. The normalized spacial score (nSPS) is 22.2. The average molecular weight is 253 g/mol. The number of aromatic nitrogens is 1. The minimum atomic E-state index is 0.531. The molecule has 0 bridgehead atoms. The molecule has 0 radical (unpaired) electrons. The maximum Gasteiger partial charge on any atom is 0.107 e. The summed E-state index contributed by atoms with van der Waals surface area (Å²) in [4.78, 5) is 7.19. The third-order valence-electron chi connectivity index (χ3n) is 3.27. The zero-order valence-corrected chi connectivity index (χ0v) is 11.9. The van der Waals surface area contributed by atoms with E-state index in [9.17, 15) is 0 Å². The summed E-state index contributed by atoms with van der Waals surface area (Å²) >= 11 is 1.79. The van der Waals surface area contributed by atoms with Gasteiger partial charge < -0.3 is 10.2 Å². The molecular weight excluding hydrogens is 230 g/mol. The summed E-state index contributed by atoms with van der Waals surface area (Å²) in [5.74, 6) is 0.651. The Balaban J connectivity index is 1.92. The molecule has 1 atom stereocenters. The lowest BCUT2D eigenvalue weighted by Crippen LogP contribution is -2.31. The van der Waals surface area contributed by atoms with Crippen LogP contribution in [0.2, 0.25) is 0 Å². The molecular formula is C13H23N3S. The fourth-order valence-corrected chi connectivity index (χ4v) is 3.12. The van der Waals surface area contributed by atoms with Gasteiger partial charge in [0.15, 0.2) is 0 Å². The fourth-order valence-electron chi connectivity index (χ4n) is 2.29. The topological polar surface area (TPSA) is 28.2 Å². The molecule has 1 aliphatic rings. The van der Waals surface area contributed by atoms with Crippen molar-refractivity contribution in [2.75, 3.05) is 20.1 Å². The number of hydrogen-bond acceptors (Lipinski definition) is 4. The Labute approximate surface area is 108 Å². The minimum Gasteiger partial charge on any atom is -0.308 e. The van der Waals surface area contributed by atoms with Gasteiger partial charge in [-0.15, -0.1) is 11.3 Å². The summed E-state index contributed by atoms with van der Waals surface area (Å²) in [6.07, 6.45) is 2.60. The second-order valence-electron chi connectivity index (χ2n) is 5.30. The molecule has 96 valence electrons. The first-order valence-corrected chi connectivity index (χ1v) is 7.39. The summed E-state index contributed by atoms with van der Waals surface area (Å²) in [6, 6.07) is 0.531. The summed E-state index contributed by atoms with van der Waals surface area (Å²) in [7, 11) is 2.21. The van der Waals surface area contributed by atoms with Crippen LogP contribution in [0.25, 0.3) is 0 Å².